The number of rotatable bonds is 8. The van der Waals surface area contributed by atoms with Crippen molar-refractivity contribution in [2.75, 3.05) is 26.2 Å². The zero-order valence-corrected chi connectivity index (χ0v) is 10.7. The van der Waals surface area contributed by atoms with Crippen LogP contribution in [-0.2, 0) is 0 Å². The van der Waals surface area contributed by atoms with Gasteiger partial charge in [0.05, 0.1) is 26.2 Å². The number of thiol groups is 1. The Morgan fingerprint density at radius 2 is 1.06 bits per heavy atom. The molecule has 0 fully saturated rings. The second-order valence-electron chi connectivity index (χ2n) is 3.33. The second kappa shape index (κ2) is 11.8. The first-order valence-corrected chi connectivity index (χ1v) is 5.43. The van der Waals surface area contributed by atoms with Gasteiger partial charge >= 0.3 is 0 Å². The Balaban J connectivity index is 0. The maximum Gasteiger partial charge on any atom is 0.130 e. The van der Waals surface area contributed by atoms with Crippen molar-refractivity contribution in [3.8, 4) is 5.40 Å². The zero-order chi connectivity index (χ0) is 12.9. The van der Waals surface area contributed by atoms with Crippen LogP contribution in [0.3, 0.4) is 0 Å². The van der Waals surface area contributed by atoms with Crippen LogP contribution in [0.1, 0.15) is 0 Å². The highest BCUT2D eigenvalue weighted by Gasteiger charge is 2.20. The van der Waals surface area contributed by atoms with E-state index < -0.39 is 0 Å². The van der Waals surface area contributed by atoms with Crippen molar-refractivity contribution in [3.05, 3.63) is 50.6 Å². The SMILES string of the molecule is C=CC[N+](CC=C)(CC=C)CC=C.N#CS. The van der Waals surface area contributed by atoms with Crippen molar-refractivity contribution in [1.29, 1.82) is 5.26 Å². The van der Waals surface area contributed by atoms with Gasteiger partial charge < -0.3 is 4.48 Å². The lowest BCUT2D eigenvalue weighted by Crippen LogP contribution is -2.48. The predicted octanol–water partition coefficient (Wildman–Crippen LogP) is 2.94. The summed E-state index contributed by atoms with van der Waals surface area (Å²) in [4.78, 5) is 0. The van der Waals surface area contributed by atoms with Gasteiger partial charge in [-0.1, -0.05) is 38.9 Å². The molecule has 2 nitrogen and oxygen atoms in total. The summed E-state index contributed by atoms with van der Waals surface area (Å²) in [5.41, 5.74) is 0. The van der Waals surface area contributed by atoms with Crippen LogP contribution in [0.25, 0.3) is 0 Å². The highest BCUT2D eigenvalue weighted by Crippen LogP contribution is 2.07. The summed E-state index contributed by atoms with van der Waals surface area (Å²) in [7, 11) is 0. The van der Waals surface area contributed by atoms with Crippen molar-refractivity contribution in [3.63, 3.8) is 0 Å². The Labute approximate surface area is 105 Å². The van der Waals surface area contributed by atoms with Crippen LogP contribution in [0.2, 0.25) is 0 Å². The van der Waals surface area contributed by atoms with Crippen LogP contribution < -0.4 is 0 Å². The smallest absolute Gasteiger partial charge is 0.130 e. The highest BCUT2D eigenvalue weighted by atomic mass is 32.1. The average Bonchev–Trinajstić information content (AvgIpc) is 2.20. The van der Waals surface area contributed by atoms with Crippen LogP contribution in [0, 0.1) is 10.7 Å². The first-order chi connectivity index (χ1) is 7.66. The van der Waals surface area contributed by atoms with Gasteiger partial charge in [0, 0.05) is 0 Å². The Morgan fingerprint density at radius 3 is 1.19 bits per heavy atom. The molecular weight excluding hydrogens is 216 g/mol. The molecule has 0 amide bonds. The van der Waals surface area contributed by atoms with Crippen LogP contribution in [0.4, 0.5) is 0 Å². The molecule has 0 rings (SSSR count). The van der Waals surface area contributed by atoms with E-state index in [1.165, 1.54) is 5.40 Å². The number of hydrogen-bond acceptors (Lipinski definition) is 2. The van der Waals surface area contributed by atoms with Gasteiger partial charge in [0.15, 0.2) is 0 Å². The third kappa shape index (κ3) is 8.10. The summed E-state index contributed by atoms with van der Waals surface area (Å²) in [6.45, 7) is 18.8. The average molecular weight is 237 g/mol. The van der Waals surface area contributed by atoms with Gasteiger partial charge in [-0.05, 0) is 24.3 Å². The molecule has 0 bridgehead atoms. The molecule has 3 heteroatoms. The monoisotopic (exact) mass is 237 g/mol. The molecule has 88 valence electrons. The van der Waals surface area contributed by atoms with E-state index in [2.05, 4.69) is 38.9 Å². The van der Waals surface area contributed by atoms with Gasteiger partial charge in [0.2, 0.25) is 0 Å². The standard InChI is InChI=1S/C12H20N.CHNS/c1-5-9-13(10-6-2,11-7-3)12-8-4;2-1-3/h5-8H,1-4,9-12H2;3H/q+1;. The second-order valence-corrected chi connectivity index (χ2v) is 3.53. The van der Waals surface area contributed by atoms with E-state index in [0.717, 1.165) is 30.7 Å². The highest BCUT2D eigenvalue weighted by molar-refractivity contribution is 7.85. The van der Waals surface area contributed by atoms with Crippen molar-refractivity contribution < 1.29 is 4.48 Å². The summed E-state index contributed by atoms with van der Waals surface area (Å²) in [5, 5.41) is 8.63. The van der Waals surface area contributed by atoms with E-state index in [9.17, 15) is 0 Å². The van der Waals surface area contributed by atoms with E-state index in [1.54, 1.807) is 0 Å². The minimum absolute atomic E-state index is 0.903. The summed E-state index contributed by atoms with van der Waals surface area (Å²) in [6.07, 6.45) is 7.76. The lowest BCUT2D eigenvalue weighted by Gasteiger charge is -2.35. The van der Waals surface area contributed by atoms with Gasteiger partial charge in [-0.25, -0.2) is 0 Å². The summed E-state index contributed by atoms with van der Waals surface area (Å²) >= 11 is 3.09. The topological polar surface area (TPSA) is 23.8 Å². The fourth-order valence-electron chi connectivity index (χ4n) is 1.54. The first-order valence-electron chi connectivity index (χ1n) is 4.98. The summed E-state index contributed by atoms with van der Waals surface area (Å²) in [5.74, 6) is 0. The van der Waals surface area contributed by atoms with Gasteiger partial charge in [-0.15, -0.1) is 0 Å². The largest absolute Gasteiger partial charge is 0.311 e. The molecule has 0 aromatic rings. The summed E-state index contributed by atoms with van der Waals surface area (Å²) < 4.78 is 0.903. The van der Waals surface area contributed by atoms with E-state index in [1.807, 2.05) is 24.3 Å². The molecule has 0 spiro atoms. The molecule has 0 atom stereocenters. The lowest BCUT2D eigenvalue weighted by atomic mass is 10.3. The van der Waals surface area contributed by atoms with Crippen molar-refractivity contribution >= 4 is 12.6 Å². The normalized spacial score (nSPS) is 9.00. The quantitative estimate of drug-likeness (QED) is 0.298. The molecule has 0 aliphatic carbocycles. The fraction of sp³-hybridized carbons (Fsp3) is 0.308. The van der Waals surface area contributed by atoms with Crippen LogP contribution in [0.15, 0.2) is 50.6 Å². The van der Waals surface area contributed by atoms with E-state index in [4.69, 9.17) is 5.26 Å². The maximum atomic E-state index is 7.18. The number of thiocyanates is 1. The predicted molar refractivity (Wildman–Crippen MR) is 75.1 cm³/mol. The Hall–Kier alpha value is -1.24. The van der Waals surface area contributed by atoms with Crippen LogP contribution in [-0.4, -0.2) is 30.7 Å². The first kappa shape index (κ1) is 17.2. The number of nitriles is 1. The molecule has 0 heterocycles. The molecule has 0 aliphatic rings. The molecule has 0 N–H and O–H groups in total. The molecule has 0 unspecified atom stereocenters. The van der Waals surface area contributed by atoms with Crippen LogP contribution >= 0.6 is 12.6 Å². The Morgan fingerprint density at radius 1 is 0.875 bits per heavy atom. The van der Waals surface area contributed by atoms with Gasteiger partial charge in [-0.2, -0.15) is 5.26 Å². The molecule has 16 heavy (non-hydrogen) atoms. The zero-order valence-electron chi connectivity index (χ0n) is 9.81. The van der Waals surface area contributed by atoms with Crippen LogP contribution in [0.5, 0.6) is 0 Å². The molecule has 0 aliphatic heterocycles. The van der Waals surface area contributed by atoms with E-state index in [-0.39, 0.29) is 0 Å². The fourth-order valence-corrected chi connectivity index (χ4v) is 1.54. The molecule has 0 radical (unpaired) electrons. The molecule has 0 aromatic carbocycles. The number of quaternary nitrogens is 1. The van der Waals surface area contributed by atoms with Gasteiger partial charge in [0.25, 0.3) is 0 Å². The van der Waals surface area contributed by atoms with Crippen molar-refractivity contribution in [2.24, 2.45) is 0 Å². The lowest BCUT2D eigenvalue weighted by molar-refractivity contribution is -0.906. The molecular formula is C13H21N2S+. The van der Waals surface area contributed by atoms with Gasteiger partial charge in [0.1, 0.15) is 5.40 Å². The minimum atomic E-state index is 0.903. The maximum absolute atomic E-state index is 7.18. The summed E-state index contributed by atoms with van der Waals surface area (Å²) in [6, 6.07) is 0. The third-order valence-corrected chi connectivity index (χ3v) is 2.07. The van der Waals surface area contributed by atoms with E-state index >= 15 is 0 Å². The molecule has 0 saturated heterocycles. The Bertz CT molecular complexity index is 218. The van der Waals surface area contributed by atoms with Crippen molar-refractivity contribution in [2.45, 2.75) is 0 Å². The van der Waals surface area contributed by atoms with E-state index in [0.29, 0.717) is 0 Å². The third-order valence-electron chi connectivity index (χ3n) is 2.07. The number of nitrogens with zero attached hydrogens (tertiary/aromatic N) is 2. The number of hydrogen-bond donors (Lipinski definition) is 1. The Kier molecular flexibility index (Phi) is 12.7. The van der Waals surface area contributed by atoms with Crippen molar-refractivity contribution in [1.82, 2.24) is 0 Å². The minimum Gasteiger partial charge on any atom is -0.311 e. The van der Waals surface area contributed by atoms with Gasteiger partial charge in [-0.3, -0.25) is 0 Å². The molecule has 0 saturated carbocycles. The molecule has 0 aromatic heterocycles.